The van der Waals surface area contributed by atoms with Crippen molar-refractivity contribution < 1.29 is 9.90 Å². The maximum Gasteiger partial charge on any atom is 0.262 e. The molecule has 1 aliphatic heterocycles. The Labute approximate surface area is 108 Å². The zero-order chi connectivity index (χ0) is 13.3. The van der Waals surface area contributed by atoms with Crippen molar-refractivity contribution in [2.24, 2.45) is 0 Å². The van der Waals surface area contributed by atoms with Crippen molar-refractivity contribution in [3.05, 3.63) is 18.2 Å². The van der Waals surface area contributed by atoms with Crippen LogP contribution in [0.25, 0.3) is 0 Å². The van der Waals surface area contributed by atoms with Crippen molar-refractivity contribution in [3.8, 4) is 0 Å². The van der Waals surface area contributed by atoms with Gasteiger partial charge in [0.15, 0.2) is 11.0 Å². The Kier molecular flexibility index (Phi) is 3.39. The van der Waals surface area contributed by atoms with Crippen LogP contribution in [0.4, 0.5) is 11.6 Å². The molecular weight excluding hydrogens is 254 g/mol. The second-order valence-corrected chi connectivity index (χ2v) is 4.36. The van der Waals surface area contributed by atoms with Crippen LogP contribution in [0, 0.1) is 0 Å². The third-order valence-electron chi connectivity index (χ3n) is 2.46. The van der Waals surface area contributed by atoms with Crippen LogP contribution >= 0.6 is 11.8 Å². The highest BCUT2D eigenvalue weighted by Gasteiger charge is 2.33. The normalized spacial score (nSPS) is 18.2. The highest BCUT2D eigenvalue weighted by molar-refractivity contribution is 7.98. The number of fused-ring (bicyclic) bond motifs is 1. The number of amides is 1. The van der Waals surface area contributed by atoms with Crippen molar-refractivity contribution in [2.45, 2.75) is 11.5 Å². The quantitative estimate of drug-likeness (QED) is 0.395. The fourth-order valence-corrected chi connectivity index (χ4v) is 2.04. The first-order chi connectivity index (χ1) is 8.58. The molecule has 0 saturated carbocycles. The monoisotopic (exact) mass is 267 g/mol. The molecule has 1 aromatic rings. The van der Waals surface area contributed by atoms with Crippen LogP contribution in [0.2, 0.25) is 0 Å². The molecule has 1 unspecified atom stereocenters. The Morgan fingerprint density at radius 3 is 3.00 bits per heavy atom. The lowest BCUT2D eigenvalue weighted by Gasteiger charge is -2.34. The standard InChI is InChI=1S/C10H13N5O2S/c1-3-4-15-7-5(8(16)14-10(15)17)6(11)12-9(13-7)18-2/h3,10,17H,1,4H2,2H3,(H,14,16)(H2,11,12,13). The molecule has 0 saturated heterocycles. The SMILES string of the molecule is C=CCN1c2nc(SC)nc(N)c2C(=O)NC1O. The van der Waals surface area contributed by atoms with E-state index in [1.54, 1.807) is 12.3 Å². The molecule has 2 heterocycles. The van der Waals surface area contributed by atoms with E-state index < -0.39 is 12.3 Å². The van der Waals surface area contributed by atoms with E-state index in [4.69, 9.17) is 5.73 Å². The highest BCUT2D eigenvalue weighted by atomic mass is 32.2. The first-order valence-electron chi connectivity index (χ1n) is 5.16. The number of hydrogen-bond donors (Lipinski definition) is 3. The number of hydrogen-bond acceptors (Lipinski definition) is 7. The van der Waals surface area contributed by atoms with E-state index in [0.29, 0.717) is 17.5 Å². The zero-order valence-corrected chi connectivity index (χ0v) is 10.6. The Morgan fingerprint density at radius 2 is 2.39 bits per heavy atom. The minimum absolute atomic E-state index is 0.0998. The van der Waals surface area contributed by atoms with Gasteiger partial charge in [0.2, 0.25) is 6.35 Å². The summed E-state index contributed by atoms with van der Waals surface area (Å²) in [6.45, 7) is 3.93. The average molecular weight is 267 g/mol. The molecule has 0 radical (unpaired) electrons. The van der Waals surface area contributed by atoms with Gasteiger partial charge in [0.1, 0.15) is 11.4 Å². The van der Waals surface area contributed by atoms with Gasteiger partial charge in [-0.2, -0.15) is 0 Å². The van der Waals surface area contributed by atoms with Gasteiger partial charge in [0, 0.05) is 6.54 Å². The van der Waals surface area contributed by atoms with Gasteiger partial charge in [-0.3, -0.25) is 4.79 Å². The number of anilines is 2. The number of nitrogens with zero attached hydrogens (tertiary/aromatic N) is 3. The molecule has 0 spiro atoms. The van der Waals surface area contributed by atoms with E-state index in [-0.39, 0.29) is 11.4 Å². The van der Waals surface area contributed by atoms with E-state index in [9.17, 15) is 9.90 Å². The lowest BCUT2D eigenvalue weighted by atomic mass is 10.2. The Bertz CT molecular complexity index is 507. The molecule has 0 aliphatic carbocycles. The fraction of sp³-hybridized carbons (Fsp3) is 0.300. The topological polar surface area (TPSA) is 104 Å². The van der Waals surface area contributed by atoms with Gasteiger partial charge in [0.25, 0.3) is 5.91 Å². The van der Waals surface area contributed by atoms with E-state index in [1.807, 2.05) is 0 Å². The molecule has 1 atom stereocenters. The van der Waals surface area contributed by atoms with E-state index in [0.717, 1.165) is 0 Å². The molecule has 4 N–H and O–H groups in total. The number of carbonyl (C=O) groups is 1. The Balaban J connectivity index is 2.59. The second-order valence-electron chi connectivity index (χ2n) is 3.58. The van der Waals surface area contributed by atoms with Crippen molar-refractivity contribution >= 4 is 29.3 Å². The number of aliphatic hydroxyl groups excluding tert-OH is 1. The van der Waals surface area contributed by atoms with Gasteiger partial charge in [-0.1, -0.05) is 17.8 Å². The van der Waals surface area contributed by atoms with Crippen molar-refractivity contribution in [1.29, 1.82) is 0 Å². The zero-order valence-electron chi connectivity index (χ0n) is 9.75. The van der Waals surface area contributed by atoms with Crippen molar-refractivity contribution in [1.82, 2.24) is 15.3 Å². The summed E-state index contributed by atoms with van der Waals surface area (Å²) in [5.74, 6) is -0.0613. The summed E-state index contributed by atoms with van der Waals surface area (Å²) in [4.78, 5) is 21.5. The van der Waals surface area contributed by atoms with Gasteiger partial charge in [-0.15, -0.1) is 6.58 Å². The minimum atomic E-state index is -1.15. The maximum atomic E-state index is 11.8. The maximum absolute atomic E-state index is 11.8. The van der Waals surface area contributed by atoms with Crippen molar-refractivity contribution in [3.63, 3.8) is 0 Å². The largest absolute Gasteiger partial charge is 0.383 e. The molecule has 96 valence electrons. The number of aromatic nitrogens is 2. The van der Waals surface area contributed by atoms with Crippen molar-refractivity contribution in [2.75, 3.05) is 23.4 Å². The van der Waals surface area contributed by atoms with Crippen LogP contribution in [-0.4, -0.2) is 40.1 Å². The van der Waals surface area contributed by atoms with Crippen LogP contribution in [0.1, 0.15) is 10.4 Å². The molecule has 8 heteroatoms. The number of aliphatic hydroxyl groups is 1. The van der Waals surface area contributed by atoms with Crippen LogP contribution in [0.5, 0.6) is 0 Å². The summed E-state index contributed by atoms with van der Waals surface area (Å²) in [6.07, 6.45) is 2.26. The predicted molar refractivity (Wildman–Crippen MR) is 69.2 cm³/mol. The van der Waals surface area contributed by atoms with E-state index in [2.05, 4.69) is 21.9 Å². The van der Waals surface area contributed by atoms with E-state index in [1.165, 1.54) is 16.7 Å². The van der Waals surface area contributed by atoms with Gasteiger partial charge in [-0.25, -0.2) is 9.97 Å². The number of nitrogen functional groups attached to an aromatic ring is 1. The summed E-state index contributed by atoms with van der Waals surface area (Å²) in [5.41, 5.74) is 5.93. The van der Waals surface area contributed by atoms with Gasteiger partial charge in [-0.05, 0) is 6.26 Å². The van der Waals surface area contributed by atoms with Crippen LogP contribution in [0.3, 0.4) is 0 Å². The number of rotatable bonds is 3. The molecule has 0 fully saturated rings. The summed E-state index contributed by atoms with van der Waals surface area (Å²) in [7, 11) is 0. The smallest absolute Gasteiger partial charge is 0.262 e. The third kappa shape index (κ3) is 2.00. The lowest BCUT2D eigenvalue weighted by molar-refractivity contribution is 0.0747. The van der Waals surface area contributed by atoms with Gasteiger partial charge in [0.05, 0.1) is 0 Å². The molecule has 7 nitrogen and oxygen atoms in total. The Hall–Kier alpha value is -1.80. The molecule has 18 heavy (non-hydrogen) atoms. The number of carbonyl (C=O) groups excluding carboxylic acids is 1. The van der Waals surface area contributed by atoms with Crippen LogP contribution < -0.4 is 16.0 Å². The number of nitrogens with one attached hydrogen (secondary N) is 1. The molecule has 1 aliphatic rings. The van der Waals surface area contributed by atoms with Gasteiger partial charge < -0.3 is 21.1 Å². The predicted octanol–water partition coefficient (Wildman–Crippen LogP) is -0.208. The summed E-state index contributed by atoms with van der Waals surface area (Å²) >= 11 is 1.31. The van der Waals surface area contributed by atoms with Gasteiger partial charge >= 0.3 is 0 Å². The summed E-state index contributed by atoms with van der Waals surface area (Å²) in [5, 5.41) is 12.6. The molecule has 1 amide bonds. The minimum Gasteiger partial charge on any atom is -0.383 e. The van der Waals surface area contributed by atoms with Crippen LogP contribution in [-0.2, 0) is 0 Å². The molecule has 0 aromatic carbocycles. The molecule has 1 aromatic heterocycles. The molecule has 0 bridgehead atoms. The fourth-order valence-electron chi connectivity index (χ4n) is 1.67. The number of nitrogens with two attached hydrogens (primary N) is 1. The molecule has 2 rings (SSSR count). The first-order valence-corrected chi connectivity index (χ1v) is 6.39. The van der Waals surface area contributed by atoms with E-state index >= 15 is 0 Å². The number of thioether (sulfide) groups is 1. The first kappa shape index (κ1) is 12.7. The second kappa shape index (κ2) is 4.83. The van der Waals surface area contributed by atoms with Crippen LogP contribution in [0.15, 0.2) is 17.8 Å². The third-order valence-corrected chi connectivity index (χ3v) is 3.01. The average Bonchev–Trinajstić information content (AvgIpc) is 2.33. The summed E-state index contributed by atoms with van der Waals surface area (Å²) in [6, 6.07) is 0. The summed E-state index contributed by atoms with van der Waals surface area (Å²) < 4.78 is 0. The molecular formula is C10H13N5O2S. The lowest BCUT2D eigenvalue weighted by Crippen LogP contribution is -2.53. The highest BCUT2D eigenvalue weighted by Crippen LogP contribution is 2.29. The Morgan fingerprint density at radius 1 is 1.67 bits per heavy atom.